The van der Waals surface area contributed by atoms with Crippen molar-refractivity contribution in [2.75, 3.05) is 0 Å². The van der Waals surface area contributed by atoms with Crippen molar-refractivity contribution in [1.82, 2.24) is 0 Å². The highest BCUT2D eigenvalue weighted by Gasteiger charge is 2.17. The van der Waals surface area contributed by atoms with E-state index in [0.29, 0.717) is 5.46 Å². The molecular weight excluding hydrogens is 427 g/mol. The van der Waals surface area contributed by atoms with E-state index >= 15 is 0 Å². The Hall–Kier alpha value is -4.18. The molecule has 0 saturated heterocycles. The van der Waals surface area contributed by atoms with Crippen molar-refractivity contribution >= 4 is 34.1 Å². The molecule has 0 aliphatic heterocycles. The molecule has 0 aromatic heterocycles. The molecule has 6 aromatic carbocycles. The second-order valence-electron chi connectivity index (χ2n) is 8.78. The van der Waals surface area contributed by atoms with Crippen LogP contribution in [-0.4, -0.2) is 17.2 Å². The number of rotatable bonds is 4. The Kier molecular flexibility index (Phi) is 5.42. The van der Waals surface area contributed by atoms with Crippen LogP contribution in [0, 0.1) is 0 Å². The molecular formula is C32H23BO2. The van der Waals surface area contributed by atoms with Crippen LogP contribution in [0.15, 0.2) is 127 Å². The van der Waals surface area contributed by atoms with E-state index in [4.69, 9.17) is 0 Å². The van der Waals surface area contributed by atoms with E-state index < -0.39 is 7.12 Å². The Labute approximate surface area is 204 Å². The van der Waals surface area contributed by atoms with Gasteiger partial charge in [0.05, 0.1) is 0 Å². The largest absolute Gasteiger partial charge is 0.488 e. The summed E-state index contributed by atoms with van der Waals surface area (Å²) in [5, 5.41) is 23.8. The zero-order valence-corrected chi connectivity index (χ0v) is 19.1. The number of fused-ring (bicyclic) bond motifs is 2. The lowest BCUT2D eigenvalue weighted by atomic mass is 9.79. The molecule has 0 spiro atoms. The lowest BCUT2D eigenvalue weighted by Gasteiger charge is -2.18. The minimum atomic E-state index is -1.47. The van der Waals surface area contributed by atoms with Crippen molar-refractivity contribution < 1.29 is 10.0 Å². The van der Waals surface area contributed by atoms with Crippen LogP contribution in [0.5, 0.6) is 0 Å². The van der Waals surface area contributed by atoms with Crippen molar-refractivity contribution in [2.45, 2.75) is 0 Å². The zero-order valence-electron chi connectivity index (χ0n) is 19.1. The predicted octanol–water partition coefficient (Wildman–Crippen LogP) is 6.67. The molecule has 0 heterocycles. The van der Waals surface area contributed by atoms with Crippen molar-refractivity contribution in [3.05, 3.63) is 127 Å². The van der Waals surface area contributed by atoms with E-state index in [1.165, 1.54) is 43.8 Å². The molecule has 0 aliphatic rings. The van der Waals surface area contributed by atoms with Gasteiger partial charge in [0.2, 0.25) is 0 Å². The van der Waals surface area contributed by atoms with E-state index in [0.717, 1.165) is 11.1 Å². The molecule has 0 radical (unpaired) electrons. The summed E-state index contributed by atoms with van der Waals surface area (Å²) < 4.78 is 0. The average molecular weight is 450 g/mol. The summed E-state index contributed by atoms with van der Waals surface area (Å²) in [6.07, 6.45) is 0. The molecule has 0 amide bonds. The van der Waals surface area contributed by atoms with Crippen molar-refractivity contribution in [3.63, 3.8) is 0 Å². The van der Waals surface area contributed by atoms with Crippen molar-refractivity contribution in [1.29, 1.82) is 0 Å². The molecule has 2 N–H and O–H groups in total. The first-order chi connectivity index (χ1) is 17.2. The van der Waals surface area contributed by atoms with Crippen LogP contribution in [0.4, 0.5) is 0 Å². The van der Waals surface area contributed by atoms with Gasteiger partial charge in [-0.3, -0.25) is 0 Å². The third-order valence-electron chi connectivity index (χ3n) is 6.69. The number of benzene rings is 6. The van der Waals surface area contributed by atoms with E-state index in [2.05, 4.69) is 103 Å². The maximum absolute atomic E-state index is 9.48. The van der Waals surface area contributed by atoms with Crippen molar-refractivity contribution in [3.8, 4) is 33.4 Å². The van der Waals surface area contributed by atoms with E-state index in [1.807, 2.05) is 12.1 Å². The van der Waals surface area contributed by atoms with Gasteiger partial charge in [-0.25, -0.2) is 0 Å². The molecule has 0 fully saturated rings. The summed E-state index contributed by atoms with van der Waals surface area (Å²) in [6.45, 7) is 0. The van der Waals surface area contributed by atoms with Crippen LogP contribution in [0.2, 0.25) is 0 Å². The summed E-state index contributed by atoms with van der Waals surface area (Å²) in [5.74, 6) is 0. The molecule has 166 valence electrons. The highest BCUT2D eigenvalue weighted by atomic mass is 16.4. The Morgan fingerprint density at radius 2 is 0.829 bits per heavy atom. The SMILES string of the molecule is OB(O)c1ccc(-c2ccc3c(-c4ccccc4)c4ccccc4c(-c4ccccc4)c3c2)cc1. The molecule has 6 aromatic rings. The van der Waals surface area contributed by atoms with Crippen molar-refractivity contribution in [2.24, 2.45) is 0 Å². The first kappa shape index (κ1) is 21.4. The molecule has 3 heteroatoms. The van der Waals surface area contributed by atoms with Gasteiger partial charge in [-0.15, -0.1) is 0 Å². The van der Waals surface area contributed by atoms with Crippen LogP contribution in [0.25, 0.3) is 54.9 Å². The van der Waals surface area contributed by atoms with E-state index in [9.17, 15) is 10.0 Å². The highest BCUT2D eigenvalue weighted by Crippen LogP contribution is 2.44. The summed E-state index contributed by atoms with van der Waals surface area (Å²) in [4.78, 5) is 0. The summed E-state index contributed by atoms with van der Waals surface area (Å²) in [5.41, 5.74) is 7.44. The summed E-state index contributed by atoms with van der Waals surface area (Å²) >= 11 is 0. The fourth-order valence-electron chi connectivity index (χ4n) is 5.04. The fourth-order valence-corrected chi connectivity index (χ4v) is 5.04. The molecule has 2 nitrogen and oxygen atoms in total. The van der Waals surface area contributed by atoms with Crippen LogP contribution in [0.1, 0.15) is 0 Å². The Bertz CT molecular complexity index is 1640. The Morgan fingerprint density at radius 1 is 0.371 bits per heavy atom. The quantitative estimate of drug-likeness (QED) is 0.233. The van der Waals surface area contributed by atoms with Crippen LogP contribution >= 0.6 is 0 Å². The minimum Gasteiger partial charge on any atom is -0.423 e. The van der Waals surface area contributed by atoms with Gasteiger partial charge in [-0.1, -0.05) is 121 Å². The average Bonchev–Trinajstić information content (AvgIpc) is 2.92. The Balaban J connectivity index is 1.71. The predicted molar refractivity (Wildman–Crippen MR) is 148 cm³/mol. The maximum Gasteiger partial charge on any atom is 0.488 e. The number of hydrogen-bond acceptors (Lipinski definition) is 2. The lowest BCUT2D eigenvalue weighted by molar-refractivity contribution is 0.426. The van der Waals surface area contributed by atoms with Gasteiger partial charge < -0.3 is 10.0 Å². The zero-order chi connectivity index (χ0) is 23.8. The molecule has 0 saturated carbocycles. The summed E-state index contributed by atoms with van der Waals surface area (Å²) in [6, 6.07) is 43.9. The normalized spacial score (nSPS) is 11.1. The van der Waals surface area contributed by atoms with Gasteiger partial charge in [0.1, 0.15) is 0 Å². The van der Waals surface area contributed by atoms with Gasteiger partial charge in [-0.2, -0.15) is 0 Å². The highest BCUT2D eigenvalue weighted by molar-refractivity contribution is 6.58. The maximum atomic E-state index is 9.48. The first-order valence-electron chi connectivity index (χ1n) is 11.8. The fraction of sp³-hybridized carbons (Fsp3) is 0. The van der Waals surface area contributed by atoms with Crippen LogP contribution in [-0.2, 0) is 0 Å². The molecule has 6 rings (SSSR count). The van der Waals surface area contributed by atoms with Gasteiger partial charge in [-0.05, 0) is 66.5 Å². The smallest absolute Gasteiger partial charge is 0.423 e. The monoisotopic (exact) mass is 450 g/mol. The third kappa shape index (κ3) is 3.81. The third-order valence-corrected chi connectivity index (χ3v) is 6.69. The lowest BCUT2D eigenvalue weighted by Crippen LogP contribution is -2.29. The molecule has 35 heavy (non-hydrogen) atoms. The molecule has 0 unspecified atom stereocenters. The summed E-state index contributed by atoms with van der Waals surface area (Å²) in [7, 11) is -1.47. The van der Waals surface area contributed by atoms with E-state index in [1.54, 1.807) is 12.1 Å². The second kappa shape index (κ2) is 8.88. The van der Waals surface area contributed by atoms with Gasteiger partial charge in [0, 0.05) is 0 Å². The standard InChI is InChI=1S/C32H23BO2/c34-33(35)26-18-15-22(16-19-26)25-17-20-29-30(21-25)32(24-11-5-2-6-12-24)28-14-8-7-13-27(28)31(29)23-9-3-1-4-10-23/h1-21,34-35H. The van der Waals surface area contributed by atoms with Gasteiger partial charge >= 0.3 is 7.12 Å². The number of hydrogen-bond donors (Lipinski definition) is 2. The first-order valence-corrected chi connectivity index (χ1v) is 11.8. The van der Waals surface area contributed by atoms with Gasteiger partial charge in [0.15, 0.2) is 0 Å². The van der Waals surface area contributed by atoms with Crippen LogP contribution in [0.3, 0.4) is 0 Å². The topological polar surface area (TPSA) is 40.5 Å². The molecule has 0 atom stereocenters. The molecule has 0 bridgehead atoms. The molecule has 0 aliphatic carbocycles. The van der Waals surface area contributed by atoms with Crippen LogP contribution < -0.4 is 5.46 Å². The minimum absolute atomic E-state index is 0.483. The van der Waals surface area contributed by atoms with Gasteiger partial charge in [0.25, 0.3) is 0 Å². The Morgan fingerprint density at radius 3 is 1.37 bits per heavy atom. The second-order valence-corrected chi connectivity index (χ2v) is 8.78. The van der Waals surface area contributed by atoms with E-state index in [-0.39, 0.29) is 0 Å².